The van der Waals surface area contributed by atoms with Gasteiger partial charge in [-0.1, -0.05) is 24.3 Å². The lowest BCUT2D eigenvalue weighted by Gasteiger charge is -2.45. The number of rotatable bonds is 10. The first-order valence-electron chi connectivity index (χ1n) is 11.4. The number of amides is 1. The van der Waals surface area contributed by atoms with Crippen LogP contribution < -0.4 is 14.9 Å². The fraction of sp³-hybridized carbons (Fsp3) is 0.522. The molecule has 0 spiro atoms. The average molecular weight is 527 g/mol. The molecule has 12 nitrogen and oxygen atoms in total. The second-order valence-corrected chi connectivity index (χ2v) is 10.5. The normalized spacial score (nSPS) is 24.7. The largest absolute Gasteiger partial charge is 0.394 e. The highest BCUT2D eigenvalue weighted by Crippen LogP contribution is 2.30. The molecule has 1 heterocycles. The summed E-state index contributed by atoms with van der Waals surface area (Å²) < 4.78 is 34.3. The Kier molecular flexibility index (Phi) is 9.24. The van der Waals surface area contributed by atoms with E-state index >= 15 is 0 Å². The highest BCUT2D eigenvalue weighted by molar-refractivity contribution is 7.89. The molecule has 2 aromatic carbocycles. The first-order chi connectivity index (χ1) is 17.0. The molecule has 5 atom stereocenters. The van der Waals surface area contributed by atoms with Gasteiger partial charge in [0.05, 0.1) is 24.2 Å². The van der Waals surface area contributed by atoms with Crippen LogP contribution in [-0.4, -0.2) is 106 Å². The smallest absolute Gasteiger partial charge is 0.241 e. The topological polar surface area (TPSA) is 161 Å². The number of fused-ring (bicyclic) bond motifs is 1. The Labute approximate surface area is 210 Å². The molecule has 1 fully saturated rings. The van der Waals surface area contributed by atoms with Crippen molar-refractivity contribution in [3.8, 4) is 0 Å². The second kappa shape index (κ2) is 11.8. The number of nitrogens with one attached hydrogen (secondary N) is 2. The molecule has 0 radical (unpaired) electrons. The molecule has 2 aromatic rings. The fourth-order valence-corrected chi connectivity index (χ4v) is 5.44. The van der Waals surface area contributed by atoms with Gasteiger partial charge in [-0.2, -0.15) is 5.06 Å². The zero-order chi connectivity index (χ0) is 26.6. The molecule has 0 saturated carbocycles. The summed E-state index contributed by atoms with van der Waals surface area (Å²) in [5.74, 6) is -0.462. The molecule has 5 N–H and O–H groups in total. The van der Waals surface area contributed by atoms with E-state index in [2.05, 4.69) is 10.0 Å². The van der Waals surface area contributed by atoms with Crippen LogP contribution in [-0.2, 0) is 24.4 Å². The van der Waals surface area contributed by atoms with E-state index < -0.39 is 53.1 Å². The summed E-state index contributed by atoms with van der Waals surface area (Å²) in [6.45, 7) is 0.509. The second-order valence-electron chi connectivity index (χ2n) is 8.76. The number of hydroxylamine groups is 2. The zero-order valence-corrected chi connectivity index (χ0v) is 21.5. The molecule has 1 aliphatic rings. The quantitative estimate of drug-likeness (QED) is 0.192. The van der Waals surface area contributed by atoms with E-state index in [1.54, 1.807) is 18.2 Å². The van der Waals surface area contributed by atoms with Gasteiger partial charge < -0.3 is 30.3 Å². The van der Waals surface area contributed by atoms with Crippen LogP contribution >= 0.6 is 0 Å². The van der Waals surface area contributed by atoms with Crippen LogP contribution in [0.3, 0.4) is 0 Å². The highest BCUT2D eigenvalue weighted by atomic mass is 32.2. The molecule has 36 heavy (non-hydrogen) atoms. The maximum absolute atomic E-state index is 13.1. The van der Waals surface area contributed by atoms with Gasteiger partial charge in [0.25, 0.3) is 0 Å². The fourth-order valence-electron chi connectivity index (χ4n) is 4.21. The molecule has 0 bridgehead atoms. The Morgan fingerprint density at radius 3 is 2.39 bits per heavy atom. The number of hydrogen-bond donors (Lipinski definition) is 5. The van der Waals surface area contributed by atoms with Crippen LogP contribution in [0.5, 0.6) is 0 Å². The SMILES string of the molecule is CC(=O)N[C@@H]1[C@@H](O)[C@H](O)[C@@H](CO)O[C@H]1N(C)OCCNS(=O)(=O)c1cccc2c(N(C)C)cccc12. The van der Waals surface area contributed by atoms with Crippen LogP contribution in [0.25, 0.3) is 10.8 Å². The van der Waals surface area contributed by atoms with Gasteiger partial charge in [-0.05, 0) is 12.1 Å². The minimum atomic E-state index is -3.87. The number of carbonyl (C=O) groups excluding carboxylic acids is 1. The number of likely N-dealkylation sites (N-methyl/N-ethyl adjacent to an activating group) is 1. The highest BCUT2D eigenvalue weighted by Gasteiger charge is 2.46. The molecule has 1 amide bonds. The number of nitrogens with zero attached hydrogens (tertiary/aromatic N) is 2. The number of benzene rings is 2. The van der Waals surface area contributed by atoms with Crippen LogP contribution in [0, 0.1) is 0 Å². The van der Waals surface area contributed by atoms with Gasteiger partial charge in [0.2, 0.25) is 15.9 Å². The van der Waals surface area contributed by atoms with Crippen molar-refractivity contribution in [3.05, 3.63) is 36.4 Å². The predicted octanol–water partition coefficient (Wildman–Crippen LogP) is -1.01. The number of anilines is 1. The van der Waals surface area contributed by atoms with E-state index in [-0.39, 0.29) is 18.0 Å². The number of aliphatic hydroxyl groups excluding tert-OH is 3. The summed E-state index contributed by atoms with van der Waals surface area (Å²) in [6.07, 6.45) is -4.99. The summed E-state index contributed by atoms with van der Waals surface area (Å²) in [5.41, 5.74) is 0.893. The van der Waals surface area contributed by atoms with Gasteiger partial charge in [-0.25, -0.2) is 13.1 Å². The summed E-state index contributed by atoms with van der Waals surface area (Å²) >= 11 is 0. The Hall–Kier alpha value is -2.36. The van der Waals surface area contributed by atoms with E-state index in [0.717, 1.165) is 11.1 Å². The zero-order valence-electron chi connectivity index (χ0n) is 20.7. The van der Waals surface area contributed by atoms with Gasteiger partial charge in [-0.3, -0.25) is 9.63 Å². The Morgan fingerprint density at radius 1 is 1.08 bits per heavy atom. The van der Waals surface area contributed by atoms with Crippen molar-refractivity contribution in [2.24, 2.45) is 0 Å². The lowest BCUT2D eigenvalue weighted by Crippen LogP contribution is -2.67. The Balaban J connectivity index is 1.67. The summed E-state index contributed by atoms with van der Waals surface area (Å²) in [5, 5.41) is 35.1. The number of aliphatic hydroxyl groups is 3. The third-order valence-electron chi connectivity index (χ3n) is 5.95. The van der Waals surface area contributed by atoms with E-state index in [9.17, 15) is 28.5 Å². The van der Waals surface area contributed by atoms with Crippen molar-refractivity contribution >= 4 is 32.4 Å². The van der Waals surface area contributed by atoms with Gasteiger partial charge in [0.15, 0.2) is 6.23 Å². The van der Waals surface area contributed by atoms with Crippen molar-refractivity contribution in [1.82, 2.24) is 15.1 Å². The van der Waals surface area contributed by atoms with E-state index in [1.807, 2.05) is 31.1 Å². The van der Waals surface area contributed by atoms with E-state index in [1.165, 1.54) is 25.1 Å². The molecule has 1 saturated heterocycles. The number of hydrogen-bond acceptors (Lipinski definition) is 10. The Bertz CT molecular complexity index is 1160. The first kappa shape index (κ1) is 28.2. The lowest BCUT2D eigenvalue weighted by atomic mass is 9.96. The minimum absolute atomic E-state index is 0.0808. The molecule has 13 heteroatoms. The molecule has 0 unspecified atom stereocenters. The van der Waals surface area contributed by atoms with Gasteiger partial charge in [0, 0.05) is 51.1 Å². The van der Waals surface area contributed by atoms with E-state index in [4.69, 9.17) is 9.57 Å². The number of ether oxygens (including phenoxy) is 1. The summed E-state index contributed by atoms with van der Waals surface area (Å²) in [7, 11) is 1.38. The molecular formula is C23H34N4O8S. The van der Waals surface area contributed by atoms with Crippen LogP contribution in [0.15, 0.2) is 41.3 Å². The maximum atomic E-state index is 13.1. The molecule has 200 valence electrons. The molecule has 1 aliphatic heterocycles. The molecule has 0 aliphatic carbocycles. The summed E-state index contributed by atoms with van der Waals surface area (Å²) in [6, 6.07) is 9.50. The van der Waals surface area contributed by atoms with Gasteiger partial charge in [0.1, 0.15) is 18.3 Å². The molecule has 3 rings (SSSR count). The van der Waals surface area contributed by atoms with Crippen molar-refractivity contribution in [2.45, 2.75) is 42.4 Å². The van der Waals surface area contributed by atoms with Crippen molar-refractivity contribution in [1.29, 1.82) is 0 Å². The predicted molar refractivity (Wildman–Crippen MR) is 133 cm³/mol. The van der Waals surface area contributed by atoms with Crippen molar-refractivity contribution in [3.63, 3.8) is 0 Å². The van der Waals surface area contributed by atoms with Crippen molar-refractivity contribution in [2.75, 3.05) is 45.8 Å². The summed E-state index contributed by atoms with van der Waals surface area (Å²) in [4.78, 5) is 19.2. The maximum Gasteiger partial charge on any atom is 0.241 e. The van der Waals surface area contributed by atoms with E-state index in [0.29, 0.717) is 5.39 Å². The molecule has 0 aromatic heterocycles. The standard InChI is InChI=1S/C23H34N4O8S/c1-14(29)25-20-22(31)21(30)18(13-28)35-23(20)27(4)34-12-11-24-36(32,33)19-10-6-7-15-16(19)8-5-9-17(15)26(2)3/h5-10,18,20-24,28,30-31H,11-13H2,1-4H3,(H,25,29)/t18-,20-,21-,22-,23-/m1/s1. The Morgan fingerprint density at radius 2 is 1.75 bits per heavy atom. The average Bonchev–Trinajstić information content (AvgIpc) is 2.83. The number of carbonyl (C=O) groups is 1. The van der Waals surface area contributed by atoms with Crippen molar-refractivity contribution < 1.29 is 38.1 Å². The van der Waals surface area contributed by atoms with Crippen LogP contribution in [0.4, 0.5) is 5.69 Å². The van der Waals surface area contributed by atoms with Crippen LogP contribution in [0.2, 0.25) is 0 Å². The number of sulfonamides is 1. The third kappa shape index (κ3) is 6.12. The first-order valence-corrected chi connectivity index (χ1v) is 12.9. The molecular weight excluding hydrogens is 492 g/mol. The minimum Gasteiger partial charge on any atom is -0.394 e. The lowest BCUT2D eigenvalue weighted by molar-refractivity contribution is -0.303. The van der Waals surface area contributed by atoms with Gasteiger partial charge in [-0.15, -0.1) is 0 Å². The monoisotopic (exact) mass is 526 g/mol. The van der Waals surface area contributed by atoms with Crippen LogP contribution in [0.1, 0.15) is 6.92 Å². The van der Waals surface area contributed by atoms with Gasteiger partial charge >= 0.3 is 0 Å². The third-order valence-corrected chi connectivity index (χ3v) is 7.47.